The van der Waals surface area contributed by atoms with E-state index in [1.54, 1.807) is 18.2 Å². The zero-order valence-corrected chi connectivity index (χ0v) is 16.0. The highest BCUT2D eigenvalue weighted by Crippen LogP contribution is 2.27. The molecule has 0 aliphatic carbocycles. The van der Waals surface area contributed by atoms with Crippen LogP contribution in [0, 0.1) is 6.92 Å². The predicted octanol–water partition coefficient (Wildman–Crippen LogP) is 3.60. The molecule has 5 nitrogen and oxygen atoms in total. The number of rotatable bonds is 3. The predicted molar refractivity (Wildman–Crippen MR) is 102 cm³/mol. The molecule has 0 aliphatic rings. The first-order valence-electron chi connectivity index (χ1n) is 7.35. The fraction of sp³-hybridized carbons (Fsp3) is 0.118. The van der Waals surface area contributed by atoms with E-state index in [-0.39, 0.29) is 4.90 Å². The van der Waals surface area contributed by atoms with Gasteiger partial charge in [0.05, 0.1) is 21.3 Å². The lowest BCUT2D eigenvalue weighted by Crippen LogP contribution is -2.13. The minimum atomic E-state index is -3.76. The molecule has 0 unspecified atom stereocenters. The first-order valence-corrected chi connectivity index (χ1v) is 10.2. The lowest BCUT2D eigenvalue weighted by atomic mass is 10.1. The molecule has 0 radical (unpaired) electrons. The van der Waals surface area contributed by atoms with Crippen LogP contribution in [0.5, 0.6) is 0 Å². The Bertz CT molecular complexity index is 1110. The average Bonchev–Trinajstić information content (AvgIpc) is 2.90. The van der Waals surface area contributed by atoms with Crippen molar-refractivity contribution in [1.82, 2.24) is 4.57 Å². The molecule has 130 valence electrons. The molecule has 0 atom stereocenters. The molecule has 0 amide bonds. The molecule has 0 fully saturated rings. The number of thiazole rings is 1. The molecule has 0 bridgehead atoms. The Balaban J connectivity index is 2.16. The van der Waals surface area contributed by atoms with Gasteiger partial charge in [0.1, 0.15) is 0 Å². The summed E-state index contributed by atoms with van der Waals surface area (Å²) in [5.41, 5.74) is 3.29. The molecular weight excluding hydrogens is 378 g/mol. The molecule has 2 aromatic carbocycles. The first kappa shape index (κ1) is 17.9. The van der Waals surface area contributed by atoms with Crippen LogP contribution in [0.25, 0.3) is 11.3 Å². The number of aryl methyl sites for hydroxylation is 1. The Hall–Kier alpha value is -1.93. The van der Waals surface area contributed by atoms with Gasteiger partial charge in [-0.1, -0.05) is 29.8 Å². The number of aromatic nitrogens is 1. The fourth-order valence-corrected chi connectivity index (χ4v) is 4.04. The minimum Gasteiger partial charge on any atom is -0.320 e. The van der Waals surface area contributed by atoms with Crippen LogP contribution in [0.2, 0.25) is 5.02 Å². The third-order valence-corrected chi connectivity index (χ3v) is 5.95. The molecule has 2 N–H and O–H groups in total. The summed E-state index contributed by atoms with van der Waals surface area (Å²) in [4.78, 5) is 5.43. The van der Waals surface area contributed by atoms with Crippen molar-refractivity contribution in [2.24, 2.45) is 17.2 Å². The number of hydrogen-bond donors (Lipinski definition) is 1. The van der Waals surface area contributed by atoms with Crippen molar-refractivity contribution in [1.29, 1.82) is 0 Å². The average molecular weight is 394 g/mol. The summed E-state index contributed by atoms with van der Waals surface area (Å²) < 4.78 is 25.2. The van der Waals surface area contributed by atoms with E-state index in [1.165, 1.54) is 17.4 Å². The van der Waals surface area contributed by atoms with E-state index < -0.39 is 10.0 Å². The maximum absolute atomic E-state index is 11.6. The van der Waals surface area contributed by atoms with E-state index in [2.05, 4.69) is 4.99 Å². The smallest absolute Gasteiger partial charge is 0.238 e. The van der Waals surface area contributed by atoms with Gasteiger partial charge < -0.3 is 4.57 Å². The molecule has 0 saturated carbocycles. The van der Waals surface area contributed by atoms with Gasteiger partial charge in [-0.05, 0) is 36.8 Å². The zero-order chi connectivity index (χ0) is 18.2. The van der Waals surface area contributed by atoms with Gasteiger partial charge >= 0.3 is 0 Å². The van der Waals surface area contributed by atoms with Crippen molar-refractivity contribution in [2.45, 2.75) is 11.8 Å². The van der Waals surface area contributed by atoms with Crippen molar-refractivity contribution >= 4 is 38.6 Å². The van der Waals surface area contributed by atoms with E-state index in [0.29, 0.717) is 10.7 Å². The van der Waals surface area contributed by atoms with Crippen LogP contribution in [0.4, 0.5) is 5.69 Å². The molecule has 3 aromatic rings. The SMILES string of the molecule is Cc1ccc(S(N)(=O)=O)cc1-c1csc(=Nc2ccccc2Cl)n1C. The van der Waals surface area contributed by atoms with E-state index in [1.807, 2.05) is 42.1 Å². The summed E-state index contributed by atoms with van der Waals surface area (Å²) in [6.45, 7) is 1.92. The number of para-hydroxylation sites is 1. The third kappa shape index (κ3) is 3.69. The Morgan fingerprint density at radius 1 is 1.20 bits per heavy atom. The Morgan fingerprint density at radius 3 is 2.60 bits per heavy atom. The largest absolute Gasteiger partial charge is 0.320 e. The fourth-order valence-electron chi connectivity index (χ4n) is 2.41. The Labute approximate surface area is 155 Å². The number of sulfonamides is 1. The van der Waals surface area contributed by atoms with Crippen LogP contribution < -0.4 is 9.94 Å². The molecule has 0 spiro atoms. The van der Waals surface area contributed by atoms with Crippen molar-refractivity contribution in [3.8, 4) is 11.3 Å². The topological polar surface area (TPSA) is 77.5 Å². The lowest BCUT2D eigenvalue weighted by molar-refractivity contribution is 0.598. The van der Waals surface area contributed by atoms with Crippen LogP contribution in [0.3, 0.4) is 0 Å². The van der Waals surface area contributed by atoms with Gasteiger partial charge in [-0.2, -0.15) is 0 Å². The standard InChI is InChI=1S/C17H16ClN3O2S2/c1-11-7-8-12(25(19,22)23)9-13(11)16-10-24-17(21(16)2)20-15-6-4-3-5-14(15)18/h3-10H,1-2H3,(H2,19,22,23). The maximum atomic E-state index is 11.6. The second-order valence-corrected chi connectivity index (χ2v) is 8.35. The molecule has 25 heavy (non-hydrogen) atoms. The van der Waals surface area contributed by atoms with E-state index in [4.69, 9.17) is 16.7 Å². The molecule has 1 aromatic heterocycles. The molecule has 8 heteroatoms. The molecular formula is C17H16ClN3O2S2. The summed E-state index contributed by atoms with van der Waals surface area (Å²) in [7, 11) is -1.88. The number of nitrogens with two attached hydrogens (primary N) is 1. The van der Waals surface area contributed by atoms with Gasteiger partial charge in [-0.3, -0.25) is 0 Å². The number of benzene rings is 2. The first-order chi connectivity index (χ1) is 11.8. The van der Waals surface area contributed by atoms with Crippen molar-refractivity contribution in [2.75, 3.05) is 0 Å². The van der Waals surface area contributed by atoms with Gasteiger partial charge in [0.15, 0.2) is 4.80 Å². The summed E-state index contributed by atoms with van der Waals surface area (Å²) >= 11 is 7.62. The second-order valence-electron chi connectivity index (χ2n) is 5.55. The monoisotopic (exact) mass is 393 g/mol. The Kier molecular flexibility index (Phi) is 4.83. The Morgan fingerprint density at radius 2 is 1.92 bits per heavy atom. The van der Waals surface area contributed by atoms with Crippen LogP contribution >= 0.6 is 22.9 Å². The number of hydrogen-bond acceptors (Lipinski definition) is 4. The van der Waals surface area contributed by atoms with Crippen LogP contribution in [0.15, 0.2) is 57.7 Å². The molecule has 3 rings (SSSR count). The van der Waals surface area contributed by atoms with Crippen molar-refractivity contribution < 1.29 is 8.42 Å². The highest BCUT2D eigenvalue weighted by atomic mass is 35.5. The van der Waals surface area contributed by atoms with E-state index in [0.717, 1.165) is 21.6 Å². The van der Waals surface area contributed by atoms with Gasteiger partial charge in [0, 0.05) is 18.0 Å². The van der Waals surface area contributed by atoms with Crippen molar-refractivity contribution in [3.05, 3.63) is 63.2 Å². The summed E-state index contributed by atoms with van der Waals surface area (Å²) in [6, 6.07) is 12.2. The van der Waals surface area contributed by atoms with Crippen LogP contribution in [-0.4, -0.2) is 13.0 Å². The van der Waals surface area contributed by atoms with Crippen LogP contribution in [0.1, 0.15) is 5.56 Å². The number of nitrogens with zero attached hydrogens (tertiary/aromatic N) is 2. The minimum absolute atomic E-state index is 0.0869. The summed E-state index contributed by atoms with van der Waals surface area (Å²) in [6.07, 6.45) is 0. The third-order valence-electron chi connectivity index (χ3n) is 3.81. The highest BCUT2D eigenvalue weighted by molar-refractivity contribution is 7.89. The molecule has 1 heterocycles. The lowest BCUT2D eigenvalue weighted by Gasteiger charge is -2.09. The van der Waals surface area contributed by atoms with Gasteiger partial charge in [-0.15, -0.1) is 11.3 Å². The normalized spacial score (nSPS) is 12.6. The second kappa shape index (κ2) is 6.76. The van der Waals surface area contributed by atoms with Gasteiger partial charge in [-0.25, -0.2) is 18.5 Å². The number of halogens is 1. The highest BCUT2D eigenvalue weighted by Gasteiger charge is 2.13. The van der Waals surface area contributed by atoms with E-state index >= 15 is 0 Å². The molecule has 0 aliphatic heterocycles. The molecule has 0 saturated heterocycles. The van der Waals surface area contributed by atoms with Gasteiger partial charge in [0.2, 0.25) is 10.0 Å². The van der Waals surface area contributed by atoms with E-state index in [9.17, 15) is 8.42 Å². The number of primary sulfonamides is 1. The van der Waals surface area contributed by atoms with Crippen LogP contribution in [-0.2, 0) is 17.1 Å². The zero-order valence-electron chi connectivity index (χ0n) is 13.6. The van der Waals surface area contributed by atoms with Gasteiger partial charge in [0.25, 0.3) is 0 Å². The summed E-state index contributed by atoms with van der Waals surface area (Å²) in [5, 5.41) is 7.76. The van der Waals surface area contributed by atoms with Crippen molar-refractivity contribution in [3.63, 3.8) is 0 Å². The maximum Gasteiger partial charge on any atom is 0.238 e. The summed E-state index contributed by atoms with van der Waals surface area (Å²) in [5.74, 6) is 0. The quantitative estimate of drug-likeness (QED) is 0.738.